The molecule has 0 aliphatic heterocycles. The lowest BCUT2D eigenvalue weighted by atomic mass is 9.97. The Morgan fingerprint density at radius 3 is 2.87 bits per heavy atom. The van der Waals surface area contributed by atoms with Crippen molar-refractivity contribution in [2.75, 3.05) is 0 Å². The minimum absolute atomic E-state index is 0.0572. The Balaban J connectivity index is 2.06. The van der Waals surface area contributed by atoms with Crippen molar-refractivity contribution in [2.45, 2.75) is 19.8 Å². The lowest BCUT2D eigenvalue weighted by Gasteiger charge is -2.13. The summed E-state index contributed by atoms with van der Waals surface area (Å²) in [6.45, 7) is 3.99. The van der Waals surface area contributed by atoms with Gasteiger partial charge in [-0.25, -0.2) is 0 Å². The fourth-order valence-electron chi connectivity index (χ4n) is 2.86. The Kier molecular flexibility index (Phi) is 2.97. The minimum atomic E-state index is -0.137. The molecule has 0 radical (unpaired) electrons. The van der Waals surface area contributed by atoms with Crippen LogP contribution in [-0.4, -0.2) is 24.6 Å². The first-order chi connectivity index (χ1) is 11.1. The molecule has 1 aromatic carbocycles. The van der Waals surface area contributed by atoms with Crippen molar-refractivity contribution < 1.29 is 0 Å². The molecule has 0 saturated heterocycles. The maximum Gasteiger partial charge on any atom is 0.279 e. The highest BCUT2D eigenvalue weighted by atomic mass is 16.1. The van der Waals surface area contributed by atoms with Gasteiger partial charge >= 0.3 is 0 Å². The number of pyridine rings is 1. The third-order valence-corrected chi connectivity index (χ3v) is 3.95. The smallest absolute Gasteiger partial charge is 0.279 e. The van der Waals surface area contributed by atoms with E-state index in [1.54, 1.807) is 6.20 Å². The van der Waals surface area contributed by atoms with Crippen LogP contribution >= 0.6 is 0 Å². The maximum atomic E-state index is 12.7. The van der Waals surface area contributed by atoms with Crippen LogP contribution in [0.4, 0.5) is 0 Å². The van der Waals surface area contributed by atoms with Gasteiger partial charge in [0.25, 0.3) is 5.56 Å². The van der Waals surface area contributed by atoms with Gasteiger partial charge in [0.1, 0.15) is 6.33 Å². The third kappa shape index (κ3) is 2.11. The first-order valence-corrected chi connectivity index (χ1v) is 7.46. The van der Waals surface area contributed by atoms with E-state index in [-0.39, 0.29) is 11.5 Å². The van der Waals surface area contributed by atoms with Crippen molar-refractivity contribution in [3.8, 4) is 11.3 Å². The summed E-state index contributed by atoms with van der Waals surface area (Å²) in [7, 11) is 0. The highest BCUT2D eigenvalue weighted by Gasteiger charge is 2.17. The largest absolute Gasteiger partial charge is 0.323 e. The number of benzene rings is 1. The molecule has 0 atom stereocenters. The first kappa shape index (κ1) is 13.6. The van der Waals surface area contributed by atoms with E-state index in [4.69, 9.17) is 0 Å². The summed E-state index contributed by atoms with van der Waals surface area (Å²) in [6, 6.07) is 9.91. The lowest BCUT2D eigenvalue weighted by Crippen LogP contribution is -2.22. The Morgan fingerprint density at radius 2 is 2.04 bits per heavy atom. The highest BCUT2D eigenvalue weighted by Crippen LogP contribution is 2.27. The van der Waals surface area contributed by atoms with E-state index in [9.17, 15) is 4.79 Å². The number of H-pyrrole nitrogens is 1. The van der Waals surface area contributed by atoms with Crippen LogP contribution in [0.3, 0.4) is 0 Å². The quantitative estimate of drug-likeness (QED) is 0.618. The molecule has 0 bridgehead atoms. The van der Waals surface area contributed by atoms with Crippen LogP contribution in [-0.2, 0) is 0 Å². The second-order valence-corrected chi connectivity index (χ2v) is 5.78. The number of hydrogen-bond donors (Lipinski definition) is 1. The Morgan fingerprint density at radius 1 is 1.17 bits per heavy atom. The molecule has 4 aromatic rings. The zero-order valence-corrected chi connectivity index (χ0v) is 12.8. The fourth-order valence-corrected chi connectivity index (χ4v) is 2.86. The van der Waals surface area contributed by atoms with Crippen LogP contribution in [0.15, 0.2) is 47.7 Å². The Bertz CT molecular complexity index is 1080. The summed E-state index contributed by atoms with van der Waals surface area (Å²) < 4.78 is 1.30. The van der Waals surface area contributed by atoms with E-state index in [1.807, 2.05) is 44.2 Å². The summed E-state index contributed by atoms with van der Waals surface area (Å²) in [6.07, 6.45) is 3.14. The summed E-state index contributed by atoms with van der Waals surface area (Å²) in [5, 5.41) is 5.06. The third-order valence-electron chi connectivity index (χ3n) is 3.95. The normalized spacial score (nSPS) is 11.6. The van der Waals surface area contributed by atoms with E-state index in [0.29, 0.717) is 11.3 Å². The van der Waals surface area contributed by atoms with Gasteiger partial charge in [-0.3, -0.25) is 9.78 Å². The number of fused-ring (bicyclic) bond motifs is 2. The van der Waals surface area contributed by atoms with E-state index in [2.05, 4.69) is 20.1 Å². The standard InChI is InChI=1S/C17H15N5O/c1-10(2)14-15(21-17-19-9-20-22(17)16(14)23)12-6-5-11-4-3-7-18-13(11)8-12/h3-10H,1-2H3,(H,19,20,21). The van der Waals surface area contributed by atoms with Crippen LogP contribution < -0.4 is 5.56 Å². The molecule has 4 rings (SSSR count). The van der Waals surface area contributed by atoms with Crippen LogP contribution in [0.5, 0.6) is 0 Å². The second-order valence-electron chi connectivity index (χ2n) is 5.78. The molecule has 0 saturated carbocycles. The summed E-state index contributed by atoms with van der Waals surface area (Å²) in [4.78, 5) is 24.5. The van der Waals surface area contributed by atoms with Crippen LogP contribution in [0.2, 0.25) is 0 Å². The molecule has 3 aromatic heterocycles. The molecule has 6 heteroatoms. The highest BCUT2D eigenvalue weighted by molar-refractivity contribution is 5.84. The topological polar surface area (TPSA) is 75.9 Å². The van der Waals surface area contributed by atoms with E-state index in [1.165, 1.54) is 10.8 Å². The van der Waals surface area contributed by atoms with Gasteiger partial charge in [0.05, 0.1) is 11.2 Å². The average molecular weight is 305 g/mol. The summed E-state index contributed by atoms with van der Waals surface area (Å²) in [5.41, 5.74) is 3.14. The SMILES string of the molecule is CC(C)c1c(-c2ccc3cccnc3c2)[nH]c2ncnn2c1=O. The number of aromatic nitrogens is 5. The first-order valence-electron chi connectivity index (χ1n) is 7.46. The molecule has 0 aliphatic carbocycles. The van der Waals surface area contributed by atoms with Crippen molar-refractivity contribution in [3.05, 3.63) is 58.8 Å². The van der Waals surface area contributed by atoms with Gasteiger partial charge in [-0.2, -0.15) is 14.6 Å². The van der Waals surface area contributed by atoms with Gasteiger partial charge in [-0.1, -0.05) is 32.0 Å². The molecule has 114 valence electrons. The zero-order valence-electron chi connectivity index (χ0n) is 12.8. The summed E-state index contributed by atoms with van der Waals surface area (Å²) >= 11 is 0. The number of aromatic amines is 1. The van der Waals surface area contributed by atoms with Crippen LogP contribution in [0.25, 0.3) is 27.9 Å². The average Bonchev–Trinajstić information content (AvgIpc) is 3.03. The predicted octanol–water partition coefficient (Wildman–Crippen LogP) is 2.76. The second kappa shape index (κ2) is 5.01. The van der Waals surface area contributed by atoms with Crippen molar-refractivity contribution in [3.63, 3.8) is 0 Å². The molecule has 6 nitrogen and oxygen atoms in total. The molecule has 23 heavy (non-hydrogen) atoms. The fraction of sp³-hybridized carbons (Fsp3) is 0.176. The molecular formula is C17H15N5O. The number of nitrogens with zero attached hydrogens (tertiary/aromatic N) is 4. The monoisotopic (exact) mass is 305 g/mol. The van der Waals surface area contributed by atoms with Gasteiger partial charge in [0, 0.05) is 22.7 Å². The van der Waals surface area contributed by atoms with Crippen molar-refractivity contribution in [1.82, 2.24) is 24.6 Å². The maximum absolute atomic E-state index is 12.7. The van der Waals surface area contributed by atoms with Crippen LogP contribution in [0, 0.1) is 0 Å². The number of nitrogens with one attached hydrogen (secondary N) is 1. The van der Waals surface area contributed by atoms with Crippen LogP contribution in [0.1, 0.15) is 25.3 Å². The molecule has 0 amide bonds. The van der Waals surface area contributed by atoms with Gasteiger partial charge in [-0.15, -0.1) is 0 Å². The van der Waals surface area contributed by atoms with Crippen molar-refractivity contribution in [2.24, 2.45) is 0 Å². The molecule has 0 spiro atoms. The van der Waals surface area contributed by atoms with Gasteiger partial charge in [0.15, 0.2) is 0 Å². The molecule has 0 aliphatic rings. The van der Waals surface area contributed by atoms with E-state index < -0.39 is 0 Å². The van der Waals surface area contributed by atoms with Gasteiger partial charge in [0.2, 0.25) is 5.78 Å². The minimum Gasteiger partial charge on any atom is -0.323 e. The predicted molar refractivity (Wildman–Crippen MR) is 88.4 cm³/mol. The number of hydrogen-bond acceptors (Lipinski definition) is 4. The lowest BCUT2D eigenvalue weighted by molar-refractivity contribution is 0.797. The molecule has 0 unspecified atom stereocenters. The molecule has 1 N–H and O–H groups in total. The Hall–Kier alpha value is -3.02. The van der Waals surface area contributed by atoms with E-state index in [0.717, 1.165) is 22.2 Å². The van der Waals surface area contributed by atoms with Gasteiger partial charge < -0.3 is 4.98 Å². The zero-order chi connectivity index (χ0) is 16.0. The summed E-state index contributed by atoms with van der Waals surface area (Å²) in [5.74, 6) is 0.497. The molecule has 3 heterocycles. The van der Waals surface area contributed by atoms with E-state index >= 15 is 0 Å². The Labute approximate surface area is 131 Å². The van der Waals surface area contributed by atoms with Crippen molar-refractivity contribution >= 4 is 16.7 Å². The molecule has 0 fully saturated rings. The van der Waals surface area contributed by atoms with Crippen molar-refractivity contribution in [1.29, 1.82) is 0 Å². The number of rotatable bonds is 2. The molecular weight excluding hydrogens is 290 g/mol. The van der Waals surface area contributed by atoms with Gasteiger partial charge in [-0.05, 0) is 18.1 Å².